The van der Waals surface area contributed by atoms with Gasteiger partial charge in [0.15, 0.2) is 0 Å². The van der Waals surface area contributed by atoms with Crippen LogP contribution < -0.4 is 5.56 Å². The average molecular weight is 192 g/mol. The van der Waals surface area contributed by atoms with Crippen molar-refractivity contribution in [1.29, 1.82) is 0 Å². The van der Waals surface area contributed by atoms with Gasteiger partial charge in [-0.1, -0.05) is 23.2 Å². The van der Waals surface area contributed by atoms with Crippen molar-refractivity contribution in [2.45, 2.75) is 6.92 Å². The van der Waals surface area contributed by atoms with Gasteiger partial charge in [-0.2, -0.15) is 0 Å². The molecule has 1 aromatic heterocycles. The van der Waals surface area contributed by atoms with Crippen LogP contribution in [0, 0.1) is 6.92 Å². The highest BCUT2D eigenvalue weighted by molar-refractivity contribution is 6.41. The van der Waals surface area contributed by atoms with E-state index in [4.69, 9.17) is 23.2 Å². The third-order valence-corrected chi connectivity index (χ3v) is 2.33. The van der Waals surface area contributed by atoms with E-state index in [-0.39, 0.29) is 10.6 Å². The van der Waals surface area contributed by atoms with Crippen LogP contribution in [0.1, 0.15) is 5.69 Å². The number of hydrogen-bond acceptors (Lipinski definition) is 1. The first kappa shape index (κ1) is 8.62. The number of pyridine rings is 1. The molecule has 0 aliphatic heterocycles. The third-order valence-electron chi connectivity index (χ3n) is 1.57. The zero-order valence-electron chi connectivity index (χ0n) is 6.19. The van der Waals surface area contributed by atoms with E-state index in [1.807, 2.05) is 0 Å². The number of aromatic nitrogens is 1. The minimum Gasteiger partial charge on any atom is -0.315 e. The maximum atomic E-state index is 11.2. The van der Waals surface area contributed by atoms with Crippen molar-refractivity contribution in [3.05, 3.63) is 32.2 Å². The molecule has 1 aromatic rings. The second-order valence-corrected chi connectivity index (χ2v) is 3.10. The number of aryl methyl sites for hydroxylation is 1. The molecule has 1 rings (SSSR count). The van der Waals surface area contributed by atoms with Crippen molar-refractivity contribution in [1.82, 2.24) is 4.57 Å². The molecule has 0 fully saturated rings. The summed E-state index contributed by atoms with van der Waals surface area (Å²) in [6, 6.07) is 1.66. The summed E-state index contributed by atoms with van der Waals surface area (Å²) in [6.45, 7) is 1.80. The Morgan fingerprint density at radius 1 is 1.45 bits per heavy atom. The zero-order valence-corrected chi connectivity index (χ0v) is 7.70. The lowest BCUT2D eigenvalue weighted by Gasteiger charge is -2.03. The smallest absolute Gasteiger partial charge is 0.270 e. The first-order chi connectivity index (χ1) is 5.04. The van der Waals surface area contributed by atoms with Crippen molar-refractivity contribution in [3.8, 4) is 0 Å². The van der Waals surface area contributed by atoms with Crippen LogP contribution in [0.2, 0.25) is 10.0 Å². The Bertz CT molecular complexity index is 314. The molecule has 0 unspecified atom stereocenters. The predicted molar refractivity (Wildman–Crippen MR) is 46.4 cm³/mol. The number of halogens is 2. The summed E-state index contributed by atoms with van der Waals surface area (Å²) >= 11 is 11.2. The van der Waals surface area contributed by atoms with E-state index in [2.05, 4.69) is 0 Å². The molecule has 60 valence electrons. The minimum absolute atomic E-state index is 0.0831. The quantitative estimate of drug-likeness (QED) is 0.616. The van der Waals surface area contributed by atoms with Gasteiger partial charge in [-0.25, -0.2) is 0 Å². The molecule has 1 heterocycles. The van der Waals surface area contributed by atoms with E-state index < -0.39 is 0 Å². The van der Waals surface area contributed by atoms with E-state index in [1.54, 1.807) is 20.0 Å². The highest BCUT2D eigenvalue weighted by Crippen LogP contribution is 2.17. The molecule has 0 saturated carbocycles. The van der Waals surface area contributed by atoms with Gasteiger partial charge in [-0.15, -0.1) is 0 Å². The molecular weight excluding hydrogens is 185 g/mol. The van der Waals surface area contributed by atoms with Gasteiger partial charge in [0.05, 0.1) is 5.02 Å². The number of hydrogen-bond donors (Lipinski definition) is 0. The Balaban J connectivity index is 3.59. The molecular formula is C7H7Cl2NO. The van der Waals surface area contributed by atoms with Crippen LogP contribution in [0.3, 0.4) is 0 Å². The summed E-state index contributed by atoms with van der Waals surface area (Å²) in [5.74, 6) is 0. The maximum absolute atomic E-state index is 11.2. The Hall–Kier alpha value is -0.470. The Morgan fingerprint density at radius 3 is 2.55 bits per heavy atom. The van der Waals surface area contributed by atoms with Crippen LogP contribution in [0.5, 0.6) is 0 Å². The fraction of sp³-hybridized carbons (Fsp3) is 0.286. The fourth-order valence-corrected chi connectivity index (χ4v) is 1.17. The fourth-order valence-electron chi connectivity index (χ4n) is 0.753. The summed E-state index contributed by atoms with van der Waals surface area (Å²) in [7, 11) is 1.65. The molecule has 0 aliphatic carbocycles. The largest absolute Gasteiger partial charge is 0.315 e. The first-order valence-electron chi connectivity index (χ1n) is 3.05. The maximum Gasteiger partial charge on any atom is 0.270 e. The first-order valence-corrected chi connectivity index (χ1v) is 3.81. The summed E-state index contributed by atoms with van der Waals surface area (Å²) < 4.78 is 1.45. The van der Waals surface area contributed by atoms with Crippen LogP contribution in [-0.2, 0) is 7.05 Å². The van der Waals surface area contributed by atoms with E-state index >= 15 is 0 Å². The molecule has 0 bridgehead atoms. The number of rotatable bonds is 0. The van der Waals surface area contributed by atoms with Crippen molar-refractivity contribution >= 4 is 23.2 Å². The standard InChI is InChI=1S/C7H7Cl2NO/c1-4-3-5(8)6(9)7(11)10(4)2/h3H,1-2H3. The topological polar surface area (TPSA) is 22.0 Å². The van der Waals surface area contributed by atoms with Gasteiger partial charge < -0.3 is 4.57 Å². The average Bonchev–Trinajstić information content (AvgIpc) is 1.97. The molecule has 0 N–H and O–H groups in total. The van der Waals surface area contributed by atoms with Crippen LogP contribution in [-0.4, -0.2) is 4.57 Å². The molecule has 4 heteroatoms. The van der Waals surface area contributed by atoms with E-state index in [0.29, 0.717) is 5.02 Å². The zero-order chi connectivity index (χ0) is 8.59. The van der Waals surface area contributed by atoms with Crippen molar-refractivity contribution < 1.29 is 0 Å². The monoisotopic (exact) mass is 191 g/mol. The second-order valence-electron chi connectivity index (χ2n) is 2.31. The Labute approximate surface area is 74.4 Å². The SMILES string of the molecule is Cc1cc(Cl)c(Cl)c(=O)n1C. The molecule has 11 heavy (non-hydrogen) atoms. The van der Waals surface area contributed by atoms with Crippen molar-refractivity contribution in [3.63, 3.8) is 0 Å². The van der Waals surface area contributed by atoms with Gasteiger partial charge >= 0.3 is 0 Å². The van der Waals surface area contributed by atoms with Gasteiger partial charge in [0, 0.05) is 12.7 Å². The van der Waals surface area contributed by atoms with Gasteiger partial charge in [0.1, 0.15) is 5.02 Å². The molecule has 0 radical (unpaired) electrons. The van der Waals surface area contributed by atoms with Crippen LogP contribution in [0.15, 0.2) is 10.9 Å². The molecule has 2 nitrogen and oxygen atoms in total. The molecule has 0 amide bonds. The molecule has 0 atom stereocenters. The molecule has 0 aliphatic rings. The van der Waals surface area contributed by atoms with E-state index in [0.717, 1.165) is 5.69 Å². The van der Waals surface area contributed by atoms with Crippen molar-refractivity contribution in [2.24, 2.45) is 7.05 Å². The predicted octanol–water partition coefficient (Wildman–Crippen LogP) is 2.00. The Morgan fingerprint density at radius 2 is 2.00 bits per heavy atom. The van der Waals surface area contributed by atoms with Crippen molar-refractivity contribution in [2.75, 3.05) is 0 Å². The summed E-state index contributed by atoms with van der Waals surface area (Å²) in [4.78, 5) is 11.2. The Kier molecular flexibility index (Phi) is 2.25. The second kappa shape index (κ2) is 2.88. The highest BCUT2D eigenvalue weighted by Gasteiger charge is 2.05. The number of nitrogens with zero attached hydrogens (tertiary/aromatic N) is 1. The van der Waals surface area contributed by atoms with E-state index in [9.17, 15) is 4.79 Å². The van der Waals surface area contributed by atoms with Gasteiger partial charge in [0.2, 0.25) is 0 Å². The van der Waals surface area contributed by atoms with Gasteiger partial charge in [-0.05, 0) is 13.0 Å². The highest BCUT2D eigenvalue weighted by atomic mass is 35.5. The summed E-state index contributed by atoms with van der Waals surface area (Å²) in [5.41, 5.74) is 0.543. The lowest BCUT2D eigenvalue weighted by molar-refractivity contribution is 0.819. The lowest BCUT2D eigenvalue weighted by Crippen LogP contribution is -2.19. The molecule has 0 saturated heterocycles. The van der Waals surface area contributed by atoms with E-state index in [1.165, 1.54) is 4.57 Å². The van der Waals surface area contributed by atoms with Crippen LogP contribution in [0.4, 0.5) is 0 Å². The molecule has 0 aromatic carbocycles. The van der Waals surface area contributed by atoms with Crippen LogP contribution in [0.25, 0.3) is 0 Å². The molecule has 0 spiro atoms. The van der Waals surface area contributed by atoms with Gasteiger partial charge in [0.25, 0.3) is 5.56 Å². The third kappa shape index (κ3) is 1.42. The normalized spacial score (nSPS) is 10.2. The van der Waals surface area contributed by atoms with Gasteiger partial charge in [-0.3, -0.25) is 4.79 Å². The summed E-state index contributed by atoms with van der Waals surface area (Å²) in [6.07, 6.45) is 0. The summed E-state index contributed by atoms with van der Waals surface area (Å²) in [5, 5.41) is 0.395. The van der Waals surface area contributed by atoms with Crippen LogP contribution >= 0.6 is 23.2 Å². The minimum atomic E-state index is -0.253. The lowest BCUT2D eigenvalue weighted by atomic mass is 10.4.